The molecule has 0 radical (unpaired) electrons. The SMILES string of the molecule is CCCCCCCCCCCCCCCNN1C=NCC1. The molecule has 0 aromatic carbocycles. The molecule has 0 saturated heterocycles. The summed E-state index contributed by atoms with van der Waals surface area (Å²) < 4.78 is 0. The average Bonchev–Trinajstić information content (AvgIpc) is 3.01. The standard InChI is InChI=1S/C18H37N3/c1-2-3-4-5-6-7-8-9-10-11-12-13-14-15-20-21-17-16-19-18-21/h18,20H,2-17H2,1H3. The van der Waals surface area contributed by atoms with Gasteiger partial charge in [-0.2, -0.15) is 0 Å². The van der Waals surface area contributed by atoms with Gasteiger partial charge in [-0.25, -0.2) is 5.43 Å². The Kier molecular flexibility index (Phi) is 12.6. The number of hydrogen-bond donors (Lipinski definition) is 1. The second-order valence-corrected chi connectivity index (χ2v) is 6.37. The van der Waals surface area contributed by atoms with E-state index in [1.54, 1.807) is 0 Å². The fourth-order valence-electron chi connectivity index (χ4n) is 2.86. The molecule has 124 valence electrons. The Balaban J connectivity index is 1.66. The third kappa shape index (κ3) is 11.7. The molecule has 0 saturated carbocycles. The fraction of sp³-hybridized carbons (Fsp3) is 0.944. The van der Waals surface area contributed by atoms with E-state index in [1.807, 2.05) is 6.34 Å². The van der Waals surface area contributed by atoms with Crippen molar-refractivity contribution >= 4 is 6.34 Å². The van der Waals surface area contributed by atoms with Gasteiger partial charge in [0.2, 0.25) is 0 Å². The quantitative estimate of drug-likeness (QED) is 0.434. The summed E-state index contributed by atoms with van der Waals surface area (Å²) in [7, 11) is 0. The van der Waals surface area contributed by atoms with E-state index < -0.39 is 0 Å². The minimum absolute atomic E-state index is 0.950. The summed E-state index contributed by atoms with van der Waals surface area (Å²) in [5.41, 5.74) is 3.41. The van der Waals surface area contributed by atoms with Gasteiger partial charge in [0, 0.05) is 6.54 Å². The number of nitrogens with one attached hydrogen (secondary N) is 1. The smallest absolute Gasteiger partial charge is 0.0993 e. The van der Waals surface area contributed by atoms with Crippen molar-refractivity contribution in [2.75, 3.05) is 19.6 Å². The summed E-state index contributed by atoms with van der Waals surface area (Å²) >= 11 is 0. The van der Waals surface area contributed by atoms with E-state index in [2.05, 4.69) is 22.4 Å². The first-order valence-corrected chi connectivity index (χ1v) is 9.43. The second kappa shape index (κ2) is 14.4. The number of unbranched alkanes of at least 4 members (excludes halogenated alkanes) is 12. The van der Waals surface area contributed by atoms with Crippen molar-refractivity contribution in [2.45, 2.75) is 90.4 Å². The fourth-order valence-corrected chi connectivity index (χ4v) is 2.86. The highest BCUT2D eigenvalue weighted by molar-refractivity contribution is 5.56. The average molecular weight is 296 g/mol. The Morgan fingerprint density at radius 2 is 1.33 bits per heavy atom. The molecule has 0 atom stereocenters. The lowest BCUT2D eigenvalue weighted by molar-refractivity contribution is 0.336. The number of rotatable bonds is 15. The molecule has 0 amide bonds. The van der Waals surface area contributed by atoms with Gasteiger partial charge in [-0.05, 0) is 6.42 Å². The van der Waals surface area contributed by atoms with Gasteiger partial charge in [-0.3, -0.25) is 10.0 Å². The molecule has 1 N–H and O–H groups in total. The zero-order valence-corrected chi connectivity index (χ0v) is 14.3. The van der Waals surface area contributed by atoms with Crippen LogP contribution in [-0.4, -0.2) is 31.0 Å². The minimum Gasteiger partial charge on any atom is -0.297 e. The van der Waals surface area contributed by atoms with Crippen molar-refractivity contribution in [2.24, 2.45) is 4.99 Å². The van der Waals surface area contributed by atoms with Crippen LogP contribution in [0.25, 0.3) is 0 Å². The number of aliphatic imine (C=N–C) groups is 1. The summed E-state index contributed by atoms with van der Waals surface area (Å²) in [6.45, 7) is 5.38. The van der Waals surface area contributed by atoms with Crippen LogP contribution < -0.4 is 5.43 Å². The second-order valence-electron chi connectivity index (χ2n) is 6.37. The minimum atomic E-state index is 0.950. The van der Waals surface area contributed by atoms with Crippen molar-refractivity contribution in [3.8, 4) is 0 Å². The molecule has 0 aromatic heterocycles. The van der Waals surface area contributed by atoms with Crippen LogP contribution in [0, 0.1) is 0 Å². The third-order valence-electron chi connectivity index (χ3n) is 4.29. The van der Waals surface area contributed by atoms with Gasteiger partial charge in [-0.15, -0.1) is 0 Å². The Morgan fingerprint density at radius 3 is 1.81 bits per heavy atom. The number of hydrogen-bond acceptors (Lipinski definition) is 3. The van der Waals surface area contributed by atoms with E-state index >= 15 is 0 Å². The molecule has 0 spiro atoms. The van der Waals surface area contributed by atoms with Gasteiger partial charge in [0.25, 0.3) is 0 Å². The Morgan fingerprint density at radius 1 is 0.810 bits per heavy atom. The molecule has 3 nitrogen and oxygen atoms in total. The third-order valence-corrected chi connectivity index (χ3v) is 4.29. The van der Waals surface area contributed by atoms with E-state index in [0.29, 0.717) is 0 Å². The lowest BCUT2D eigenvalue weighted by Gasteiger charge is -2.14. The van der Waals surface area contributed by atoms with E-state index in [0.717, 1.165) is 19.6 Å². The molecule has 1 aliphatic heterocycles. The lowest BCUT2D eigenvalue weighted by atomic mass is 10.0. The highest BCUT2D eigenvalue weighted by Crippen LogP contribution is 2.12. The largest absolute Gasteiger partial charge is 0.297 e. The lowest BCUT2D eigenvalue weighted by Crippen LogP contribution is -2.35. The van der Waals surface area contributed by atoms with Gasteiger partial charge in [0.1, 0.15) is 0 Å². The predicted molar refractivity (Wildman–Crippen MR) is 93.8 cm³/mol. The summed E-state index contributed by atoms with van der Waals surface area (Å²) in [5.74, 6) is 0. The van der Waals surface area contributed by atoms with Crippen LogP contribution >= 0.6 is 0 Å². The van der Waals surface area contributed by atoms with Crippen molar-refractivity contribution in [1.29, 1.82) is 0 Å². The Hall–Kier alpha value is -0.570. The highest BCUT2D eigenvalue weighted by atomic mass is 15.5. The first-order chi connectivity index (χ1) is 10.4. The first-order valence-electron chi connectivity index (χ1n) is 9.43. The molecule has 1 heterocycles. The van der Waals surface area contributed by atoms with Gasteiger partial charge >= 0.3 is 0 Å². The molecular formula is C18H37N3. The van der Waals surface area contributed by atoms with E-state index in [9.17, 15) is 0 Å². The van der Waals surface area contributed by atoms with Crippen LogP contribution in [0.4, 0.5) is 0 Å². The van der Waals surface area contributed by atoms with Crippen molar-refractivity contribution < 1.29 is 0 Å². The topological polar surface area (TPSA) is 27.6 Å². The maximum absolute atomic E-state index is 4.19. The van der Waals surface area contributed by atoms with Crippen LogP contribution in [0.15, 0.2) is 4.99 Å². The van der Waals surface area contributed by atoms with Gasteiger partial charge in [0.05, 0.1) is 19.4 Å². The molecule has 0 aromatic rings. The predicted octanol–water partition coefficient (Wildman–Crippen LogP) is 4.93. The first kappa shape index (κ1) is 18.5. The summed E-state index contributed by atoms with van der Waals surface area (Å²) in [6, 6.07) is 0. The van der Waals surface area contributed by atoms with Crippen molar-refractivity contribution in [3.05, 3.63) is 0 Å². The summed E-state index contributed by atoms with van der Waals surface area (Å²) in [4.78, 5) is 4.19. The van der Waals surface area contributed by atoms with E-state index in [4.69, 9.17) is 0 Å². The van der Waals surface area contributed by atoms with E-state index in [-0.39, 0.29) is 0 Å². The zero-order chi connectivity index (χ0) is 15.0. The van der Waals surface area contributed by atoms with Crippen LogP contribution in [0.5, 0.6) is 0 Å². The molecule has 3 heteroatoms. The Bertz CT molecular complexity index is 241. The molecule has 1 aliphatic rings. The van der Waals surface area contributed by atoms with Crippen molar-refractivity contribution in [3.63, 3.8) is 0 Å². The molecule has 21 heavy (non-hydrogen) atoms. The molecule has 0 bridgehead atoms. The molecule has 0 aliphatic carbocycles. The molecule has 0 unspecified atom stereocenters. The van der Waals surface area contributed by atoms with Gasteiger partial charge in [0.15, 0.2) is 0 Å². The molecule has 0 fully saturated rings. The van der Waals surface area contributed by atoms with Crippen LogP contribution in [0.2, 0.25) is 0 Å². The normalized spacial score (nSPS) is 14.2. The van der Waals surface area contributed by atoms with E-state index in [1.165, 1.54) is 83.5 Å². The van der Waals surface area contributed by atoms with Gasteiger partial charge < -0.3 is 0 Å². The van der Waals surface area contributed by atoms with Gasteiger partial charge in [-0.1, -0.05) is 84.0 Å². The van der Waals surface area contributed by atoms with Crippen LogP contribution in [0.3, 0.4) is 0 Å². The zero-order valence-electron chi connectivity index (χ0n) is 14.3. The molecular weight excluding hydrogens is 258 g/mol. The summed E-state index contributed by atoms with van der Waals surface area (Å²) in [5, 5.41) is 2.11. The summed E-state index contributed by atoms with van der Waals surface area (Å²) in [6.07, 6.45) is 20.4. The maximum Gasteiger partial charge on any atom is 0.0993 e. The Labute approximate surface area is 132 Å². The van der Waals surface area contributed by atoms with Crippen LogP contribution in [-0.2, 0) is 0 Å². The molecule has 1 rings (SSSR count). The number of nitrogens with zero attached hydrogens (tertiary/aromatic N) is 2. The van der Waals surface area contributed by atoms with Crippen LogP contribution in [0.1, 0.15) is 90.4 Å². The number of hydrazine groups is 1. The monoisotopic (exact) mass is 295 g/mol. The van der Waals surface area contributed by atoms with Crippen molar-refractivity contribution in [1.82, 2.24) is 10.4 Å². The highest BCUT2D eigenvalue weighted by Gasteiger charge is 2.02. The maximum atomic E-state index is 4.19.